The molecule has 0 radical (unpaired) electrons. The monoisotopic (exact) mass is 927 g/mol. The number of methoxy groups -OCH3 is 1. The summed E-state index contributed by atoms with van der Waals surface area (Å²) in [5.41, 5.74) is 3.27. The number of rotatable bonds is 10. The van der Waals surface area contributed by atoms with Crippen LogP contribution in [0.5, 0.6) is 0 Å². The summed E-state index contributed by atoms with van der Waals surface area (Å²) >= 11 is 0. The van der Waals surface area contributed by atoms with Gasteiger partial charge in [0.2, 0.25) is 0 Å². The fourth-order valence-corrected chi connectivity index (χ4v) is 17.9. The van der Waals surface area contributed by atoms with Crippen LogP contribution in [0.3, 0.4) is 0 Å². The summed E-state index contributed by atoms with van der Waals surface area (Å²) in [4.78, 5) is 11.7. The number of aliphatic hydroxyl groups is 3. The molecule has 380 valence electrons. The van der Waals surface area contributed by atoms with Gasteiger partial charge in [0.05, 0.1) is 23.9 Å². The maximum atomic E-state index is 11.7. The van der Waals surface area contributed by atoms with Gasteiger partial charge in [-0.3, -0.25) is 4.79 Å². The van der Waals surface area contributed by atoms with Gasteiger partial charge in [0.1, 0.15) is 0 Å². The number of allylic oxidation sites excluding steroid dienone is 2. The standard InChI is InChI=1S/C28H48O2.C27H44O3.C4H8O.CH3.Li/c1-7-28(30)17-16-26(5)20(18-28)8-9-21-23-11-10-22(19(2)12-14-25(3,4)29)27(23,6)15-13-24(21)26;1-6-27(29)16-15-25(3)19(17-27)8-9-20-22-11-10-21(18(2)7-12-24(28)30-5)26(22,4)14-13-23(20)25;1-2-4-5-3-1;;/h8,19,21-24,29-30H,7,9-18H2,1-6H3;8,18,20-23,29H,6-7,9-17H2,1-5H3;1-4H2;1H3;/q;;;-1;+1/t19-,21+,22-,23+,24+,26+,27-,28+;18-,20+,21-,22+,23+,25+,26-,27+;;;/m11.../s1. The molecule has 0 amide bonds. The number of hydrogen-bond acceptors (Lipinski definition) is 6. The van der Waals surface area contributed by atoms with Crippen molar-refractivity contribution in [2.75, 3.05) is 20.3 Å². The predicted octanol–water partition coefficient (Wildman–Crippen LogP) is 11.4. The molecular formula is C60H103LiO6. The third kappa shape index (κ3) is 11.5. The molecule has 0 unspecified atom stereocenters. The molecule has 9 rings (SSSR count). The summed E-state index contributed by atoms with van der Waals surface area (Å²) in [5, 5.41) is 32.1. The fraction of sp³-hybridized carbons (Fsp3) is 0.900. The Morgan fingerprint density at radius 1 is 0.701 bits per heavy atom. The van der Waals surface area contributed by atoms with E-state index in [1.807, 2.05) is 13.8 Å². The number of carbonyl (C=O) groups is 1. The first kappa shape index (κ1) is 57.3. The molecule has 7 heteroatoms. The van der Waals surface area contributed by atoms with Crippen LogP contribution in [0.25, 0.3) is 0 Å². The van der Waals surface area contributed by atoms with E-state index >= 15 is 0 Å². The topological polar surface area (TPSA) is 96.2 Å². The van der Waals surface area contributed by atoms with Crippen LogP contribution >= 0.6 is 0 Å². The summed E-state index contributed by atoms with van der Waals surface area (Å²) in [6.45, 7) is 25.3. The Kier molecular flexibility index (Phi) is 19.0. The number of hydrogen-bond donors (Lipinski definition) is 3. The van der Waals surface area contributed by atoms with Gasteiger partial charge in [-0.2, -0.15) is 0 Å². The largest absolute Gasteiger partial charge is 1.00 e. The molecule has 1 aliphatic heterocycles. The minimum atomic E-state index is -0.536. The van der Waals surface area contributed by atoms with Gasteiger partial charge in [0.15, 0.2) is 0 Å². The maximum Gasteiger partial charge on any atom is 1.00 e. The van der Waals surface area contributed by atoms with Crippen molar-refractivity contribution in [1.29, 1.82) is 0 Å². The van der Waals surface area contributed by atoms with E-state index in [0.29, 0.717) is 39.9 Å². The van der Waals surface area contributed by atoms with Gasteiger partial charge in [-0.1, -0.05) is 78.7 Å². The molecule has 1 saturated heterocycles. The Morgan fingerprint density at radius 3 is 1.51 bits per heavy atom. The van der Waals surface area contributed by atoms with E-state index < -0.39 is 16.8 Å². The average Bonchev–Trinajstić information content (AvgIpc) is 4.06. The number of carbonyl (C=O) groups excluding carboxylic acids is 1. The van der Waals surface area contributed by atoms with E-state index in [1.54, 1.807) is 11.1 Å². The molecule has 0 aromatic carbocycles. The predicted molar refractivity (Wildman–Crippen MR) is 272 cm³/mol. The molecule has 0 spiro atoms. The molecular weight excluding hydrogens is 824 g/mol. The van der Waals surface area contributed by atoms with Gasteiger partial charge >= 0.3 is 24.8 Å². The van der Waals surface area contributed by atoms with Crippen molar-refractivity contribution in [1.82, 2.24) is 0 Å². The van der Waals surface area contributed by atoms with Crippen molar-refractivity contribution in [3.8, 4) is 0 Å². The van der Waals surface area contributed by atoms with Crippen molar-refractivity contribution in [2.24, 2.45) is 80.8 Å². The SMILES string of the molecule is C1CCOC1.CC[C@]1(O)CC[C@@]2(C)C(=CC[C@H]3[C@@H]4CC[C@H]([C@H](C)CCC(=O)OC)[C@@]4(C)CC[C@@H]32)C1.CC[C@]1(O)CC[C@@]2(C)C(=CC[C@H]3[C@@H]4CC[C@H]([C@H](C)CCC(C)(C)O)[C@@]4(C)CC[C@@H]32)C1.[CH3-].[Li+]. The van der Waals surface area contributed by atoms with Gasteiger partial charge in [-0.25, -0.2) is 0 Å². The minimum Gasteiger partial charge on any atom is -0.469 e. The Labute approximate surface area is 424 Å². The molecule has 0 bridgehead atoms. The van der Waals surface area contributed by atoms with Crippen LogP contribution in [0.2, 0.25) is 0 Å². The first-order valence-corrected chi connectivity index (χ1v) is 27.8. The summed E-state index contributed by atoms with van der Waals surface area (Å²) < 4.78 is 9.83. The Balaban J connectivity index is 0.000000221. The smallest absolute Gasteiger partial charge is 0.469 e. The van der Waals surface area contributed by atoms with Crippen molar-refractivity contribution in [3.05, 3.63) is 30.7 Å². The molecule has 3 N–H and O–H groups in total. The molecule has 1 heterocycles. The summed E-state index contributed by atoms with van der Waals surface area (Å²) in [7, 11) is 1.50. The summed E-state index contributed by atoms with van der Waals surface area (Å²) in [6.07, 6.45) is 32.6. The van der Waals surface area contributed by atoms with Crippen LogP contribution in [0.1, 0.15) is 223 Å². The molecule has 67 heavy (non-hydrogen) atoms. The molecule has 8 aliphatic carbocycles. The molecule has 0 aromatic rings. The number of esters is 1. The van der Waals surface area contributed by atoms with E-state index in [0.717, 1.165) is 125 Å². The van der Waals surface area contributed by atoms with Crippen LogP contribution in [-0.4, -0.2) is 58.4 Å². The van der Waals surface area contributed by atoms with Crippen LogP contribution in [0, 0.1) is 88.3 Å². The van der Waals surface area contributed by atoms with Crippen molar-refractivity contribution in [2.45, 2.75) is 240 Å². The first-order chi connectivity index (χ1) is 30.6. The fourth-order valence-electron chi connectivity index (χ4n) is 17.9. The summed E-state index contributed by atoms with van der Waals surface area (Å²) in [5.74, 6) is 7.76. The zero-order valence-electron chi connectivity index (χ0n) is 45.9. The second kappa shape index (κ2) is 22.2. The molecule has 9 aliphatic rings. The third-order valence-corrected chi connectivity index (χ3v) is 22.4. The van der Waals surface area contributed by atoms with Crippen molar-refractivity contribution >= 4 is 5.97 Å². The van der Waals surface area contributed by atoms with E-state index in [4.69, 9.17) is 9.47 Å². The molecule has 6 saturated carbocycles. The van der Waals surface area contributed by atoms with Gasteiger partial charge in [0.25, 0.3) is 0 Å². The van der Waals surface area contributed by atoms with Crippen molar-refractivity contribution in [3.63, 3.8) is 0 Å². The van der Waals surface area contributed by atoms with E-state index in [-0.39, 0.29) is 32.3 Å². The Morgan fingerprint density at radius 2 is 1.13 bits per heavy atom. The van der Waals surface area contributed by atoms with Crippen LogP contribution < -0.4 is 18.9 Å². The van der Waals surface area contributed by atoms with Crippen molar-refractivity contribution < 1.29 is 48.4 Å². The van der Waals surface area contributed by atoms with Gasteiger partial charge in [-0.15, -0.1) is 0 Å². The number of ether oxygens (including phenoxy) is 2. The van der Waals surface area contributed by atoms with Crippen LogP contribution in [0.4, 0.5) is 0 Å². The molecule has 16 atom stereocenters. The van der Waals surface area contributed by atoms with E-state index in [2.05, 4.69) is 67.5 Å². The van der Waals surface area contributed by atoms with Gasteiger partial charge < -0.3 is 32.2 Å². The van der Waals surface area contributed by atoms with E-state index in [9.17, 15) is 20.1 Å². The number of fused-ring (bicyclic) bond motifs is 10. The molecule has 6 nitrogen and oxygen atoms in total. The average molecular weight is 927 g/mol. The third-order valence-electron chi connectivity index (χ3n) is 22.4. The zero-order chi connectivity index (χ0) is 47.2. The Bertz CT molecular complexity index is 1690. The van der Waals surface area contributed by atoms with E-state index in [1.165, 1.54) is 90.6 Å². The summed E-state index contributed by atoms with van der Waals surface area (Å²) in [6, 6.07) is 0. The first-order valence-electron chi connectivity index (χ1n) is 27.8. The quantitative estimate of drug-likeness (QED) is 0.0874. The van der Waals surface area contributed by atoms with Gasteiger partial charge in [-0.05, 0) is 242 Å². The maximum absolute atomic E-state index is 11.7. The normalized spacial score (nSPS) is 43.6. The molecule has 0 aromatic heterocycles. The molecule has 7 fully saturated rings. The minimum absolute atomic E-state index is 0. The zero-order valence-corrected chi connectivity index (χ0v) is 45.9. The van der Waals surface area contributed by atoms with Crippen LogP contribution in [-0.2, 0) is 14.3 Å². The Hall–Kier alpha value is -0.613. The second-order valence-electron chi connectivity index (χ2n) is 26.2. The van der Waals surface area contributed by atoms with Gasteiger partial charge in [0, 0.05) is 19.6 Å². The van der Waals surface area contributed by atoms with Crippen LogP contribution in [0.15, 0.2) is 23.3 Å². The second-order valence-corrected chi connectivity index (χ2v) is 26.2.